The van der Waals surface area contributed by atoms with Crippen LogP contribution in [-0.2, 0) is 0 Å². The molecule has 0 heterocycles. The summed E-state index contributed by atoms with van der Waals surface area (Å²) in [6.07, 6.45) is 0. The predicted octanol–water partition coefficient (Wildman–Crippen LogP) is 41.7. The number of benzene rings is 29. The van der Waals surface area contributed by atoms with Gasteiger partial charge in [-0.1, -0.05) is 522 Å². The van der Waals surface area contributed by atoms with Gasteiger partial charge in [0, 0.05) is 0 Å². The van der Waals surface area contributed by atoms with E-state index in [2.05, 4.69) is 582 Å². The molecule has 0 atom stereocenters. The van der Waals surface area contributed by atoms with E-state index in [4.69, 9.17) is 0 Å². The minimum atomic E-state index is 1.21. The van der Waals surface area contributed by atoms with Crippen LogP contribution in [0.4, 0.5) is 0 Å². The van der Waals surface area contributed by atoms with Gasteiger partial charge in [-0.25, -0.2) is 0 Å². The molecule has 0 saturated carbocycles. The summed E-state index contributed by atoms with van der Waals surface area (Å²) in [6, 6.07) is 214. The molecular weight excluding hydrogens is 1780 g/mol. The van der Waals surface area contributed by atoms with E-state index in [9.17, 15) is 0 Å². The molecule has 29 aromatic rings. The fourth-order valence-corrected chi connectivity index (χ4v) is 23.3. The predicted molar refractivity (Wildman–Crippen MR) is 638 cm³/mol. The van der Waals surface area contributed by atoms with Crippen molar-refractivity contribution in [2.75, 3.05) is 0 Å². The Bertz CT molecular complexity index is 10200. The molecule has 0 heteroatoms. The van der Waals surface area contributed by atoms with Gasteiger partial charge in [0.05, 0.1) is 0 Å². The highest BCUT2D eigenvalue weighted by Gasteiger charge is 2.26. The summed E-state index contributed by atoms with van der Waals surface area (Å²) < 4.78 is 0. The smallest absolute Gasteiger partial charge is 0.00199 e. The summed E-state index contributed by atoms with van der Waals surface area (Å²) in [5.41, 5.74) is 32.1. The molecule has 0 aliphatic heterocycles. The van der Waals surface area contributed by atoms with Crippen molar-refractivity contribution >= 4 is 140 Å². The zero-order valence-electron chi connectivity index (χ0n) is 81.4. The number of rotatable bonds is 13. The van der Waals surface area contributed by atoms with E-state index in [1.54, 1.807) is 0 Å². The fourth-order valence-electron chi connectivity index (χ4n) is 23.3. The molecule has 0 spiro atoms. The van der Waals surface area contributed by atoms with Crippen molar-refractivity contribution < 1.29 is 0 Å². The SMILES string of the molecule is c1ccc(-c2ccc(-c3c4cc(-c5ccc6ccccc6c5)ccc4c(-c4cccc5ccccc45)c4cc(-c5ccc6ccccc6c5)ccc34)cc2)cc1.c1ccc(-c2ccc3c(-c4cccc5ccccc45)c4cc(-c5ccc6ccccc6c5)ccc4c(-c4cccc5ccccc45)c3c2)cc1.c1ccc(-c2ccc3c(-c4ccccc4)c4cc(-c5ccc6ccccc6c5)ccc4c(-c4ccccc4)c3c2)cc1. The third-order valence-corrected chi connectivity index (χ3v) is 30.5. The van der Waals surface area contributed by atoms with Crippen molar-refractivity contribution in [2.24, 2.45) is 0 Å². The number of hydrogen-bond acceptors (Lipinski definition) is 0. The summed E-state index contributed by atoms with van der Waals surface area (Å²) in [7, 11) is 0. The molecule has 0 aliphatic carbocycles. The average Bonchev–Trinajstić information content (AvgIpc) is 0.710. The van der Waals surface area contributed by atoms with Gasteiger partial charge in [0.15, 0.2) is 0 Å². The van der Waals surface area contributed by atoms with E-state index < -0.39 is 0 Å². The van der Waals surface area contributed by atoms with Crippen LogP contribution < -0.4 is 0 Å². The molecule has 0 aliphatic rings. The lowest BCUT2D eigenvalue weighted by molar-refractivity contribution is 1.61. The lowest BCUT2D eigenvalue weighted by Gasteiger charge is -2.21. The van der Waals surface area contributed by atoms with E-state index in [-0.39, 0.29) is 0 Å². The van der Waals surface area contributed by atoms with Crippen LogP contribution >= 0.6 is 0 Å². The standard InChI is InChI=1S/C56H36.C50H32.C42H28/c1-2-11-37(12-3-1)40-21-25-42(26-22-40)55-51-31-29-48(46-28-24-39-14-5-7-17-44(39)34-46)36-54(51)56(50-20-10-18-41-15-8-9-19-49(41)50)52-32-30-47(35-53(52)55)45-27-23-38-13-4-6-16-43(38)33-45;1-2-12-33(13-3-1)39-26-28-45-47(31-39)49(43-22-10-18-35-15-6-8-20-41(35)43)46-29-27-40(38-25-24-34-14-4-5-17-37(34)30-38)32-48(46)50(45)44-23-11-19-36-16-7-9-21-42(36)44;1-4-12-29(13-5-1)35-22-24-37-39(27-35)41(31-15-6-2-7-16-31)38-25-23-36(28-40(38)42(37)32-17-8-3-9-18-32)34-21-20-30-14-10-11-19-33(30)26-34/h1-36H;1-32H;1-28H. The maximum Gasteiger partial charge on any atom is -0.00199 e. The van der Waals surface area contributed by atoms with Crippen molar-refractivity contribution in [3.8, 4) is 145 Å². The zero-order chi connectivity index (χ0) is 97.9. The Hall–Kier alpha value is -19.2. The molecule has 29 aromatic carbocycles. The van der Waals surface area contributed by atoms with Crippen LogP contribution in [0.5, 0.6) is 0 Å². The molecule has 0 nitrogen and oxygen atoms in total. The first-order chi connectivity index (χ1) is 73.4. The summed E-state index contributed by atoms with van der Waals surface area (Å²) in [5.74, 6) is 0. The molecule has 0 fully saturated rings. The Morgan fingerprint density at radius 1 is 0.0676 bits per heavy atom. The van der Waals surface area contributed by atoms with Crippen molar-refractivity contribution in [3.63, 3.8) is 0 Å². The molecule has 0 bridgehead atoms. The van der Waals surface area contributed by atoms with Crippen LogP contribution in [0.3, 0.4) is 0 Å². The van der Waals surface area contributed by atoms with Crippen LogP contribution in [0.25, 0.3) is 285 Å². The molecule has 0 radical (unpaired) electrons. The van der Waals surface area contributed by atoms with Crippen molar-refractivity contribution in [1.82, 2.24) is 0 Å². The Morgan fingerprint density at radius 3 is 0.500 bits per heavy atom. The first-order valence-corrected chi connectivity index (χ1v) is 51.3. The molecule has 0 N–H and O–H groups in total. The first-order valence-electron chi connectivity index (χ1n) is 51.3. The molecule has 0 unspecified atom stereocenters. The van der Waals surface area contributed by atoms with Gasteiger partial charge < -0.3 is 0 Å². The maximum absolute atomic E-state index is 2.44. The van der Waals surface area contributed by atoms with Gasteiger partial charge in [-0.2, -0.15) is 0 Å². The Morgan fingerprint density at radius 2 is 0.230 bits per heavy atom. The highest BCUT2D eigenvalue weighted by molar-refractivity contribution is 6.29. The first kappa shape index (κ1) is 87.8. The van der Waals surface area contributed by atoms with Crippen molar-refractivity contribution in [2.45, 2.75) is 0 Å². The lowest BCUT2D eigenvalue weighted by Crippen LogP contribution is -1.94. The normalized spacial score (nSPS) is 11.5. The van der Waals surface area contributed by atoms with Crippen molar-refractivity contribution in [3.05, 3.63) is 582 Å². The topological polar surface area (TPSA) is 0 Å². The highest BCUT2D eigenvalue weighted by Crippen LogP contribution is 2.54. The molecule has 688 valence electrons. The molecule has 29 rings (SSSR count). The average molecular weight is 1870 g/mol. The molecule has 0 saturated heterocycles. The molecular formula is C148H96. The number of hydrogen-bond donors (Lipinski definition) is 0. The molecule has 0 amide bonds. The quantitative estimate of drug-likeness (QED) is 0.101. The summed E-state index contributed by atoms with van der Waals surface area (Å²) in [4.78, 5) is 0. The van der Waals surface area contributed by atoms with E-state index in [1.807, 2.05) is 0 Å². The lowest BCUT2D eigenvalue weighted by atomic mass is 9.82. The van der Waals surface area contributed by atoms with Crippen LogP contribution in [0, 0.1) is 0 Å². The van der Waals surface area contributed by atoms with Gasteiger partial charge in [0.25, 0.3) is 0 Å². The van der Waals surface area contributed by atoms with Crippen LogP contribution in [0.2, 0.25) is 0 Å². The zero-order valence-corrected chi connectivity index (χ0v) is 81.4. The minimum absolute atomic E-state index is 1.21. The van der Waals surface area contributed by atoms with Gasteiger partial charge in [-0.05, 0) is 345 Å². The van der Waals surface area contributed by atoms with E-state index in [1.165, 1.54) is 285 Å². The van der Waals surface area contributed by atoms with Gasteiger partial charge in [0.1, 0.15) is 0 Å². The van der Waals surface area contributed by atoms with E-state index >= 15 is 0 Å². The molecule has 0 aromatic heterocycles. The largest absolute Gasteiger partial charge is 0.0622 e. The van der Waals surface area contributed by atoms with Gasteiger partial charge in [-0.15, -0.1) is 0 Å². The summed E-state index contributed by atoms with van der Waals surface area (Å²) >= 11 is 0. The minimum Gasteiger partial charge on any atom is -0.0622 e. The monoisotopic (exact) mass is 1870 g/mol. The van der Waals surface area contributed by atoms with Crippen LogP contribution in [0.1, 0.15) is 0 Å². The summed E-state index contributed by atoms with van der Waals surface area (Å²) in [5, 5.41) is 32.6. The Kier molecular flexibility index (Phi) is 22.5. The third kappa shape index (κ3) is 16.2. The maximum atomic E-state index is 2.44. The van der Waals surface area contributed by atoms with Gasteiger partial charge in [0.2, 0.25) is 0 Å². The van der Waals surface area contributed by atoms with Gasteiger partial charge >= 0.3 is 0 Å². The van der Waals surface area contributed by atoms with Gasteiger partial charge in [-0.3, -0.25) is 0 Å². The van der Waals surface area contributed by atoms with E-state index in [0.29, 0.717) is 0 Å². The second kappa shape index (κ2) is 37.9. The van der Waals surface area contributed by atoms with Crippen LogP contribution in [-0.4, -0.2) is 0 Å². The van der Waals surface area contributed by atoms with E-state index in [0.717, 1.165) is 0 Å². The second-order valence-electron chi connectivity index (χ2n) is 39.0. The highest BCUT2D eigenvalue weighted by atomic mass is 14.3. The van der Waals surface area contributed by atoms with Crippen LogP contribution in [0.15, 0.2) is 582 Å². The molecule has 148 heavy (non-hydrogen) atoms. The third-order valence-electron chi connectivity index (χ3n) is 30.5. The second-order valence-corrected chi connectivity index (χ2v) is 39.0. The van der Waals surface area contributed by atoms with Crippen molar-refractivity contribution in [1.29, 1.82) is 0 Å². The fraction of sp³-hybridized carbons (Fsp3) is 0. The number of fused-ring (bicyclic) bond motifs is 13. The Labute approximate surface area is 860 Å². The Balaban J connectivity index is 0.000000111. The summed E-state index contributed by atoms with van der Waals surface area (Å²) in [6.45, 7) is 0.